The van der Waals surface area contributed by atoms with Crippen LogP contribution in [0.15, 0.2) is 17.7 Å². The smallest absolute Gasteiger partial charge is 0.331 e. The maximum absolute atomic E-state index is 13.3. The van der Waals surface area contributed by atoms with Gasteiger partial charge in [-0.1, -0.05) is 12.1 Å². The van der Waals surface area contributed by atoms with Crippen LogP contribution in [0.3, 0.4) is 0 Å². The number of carboxylic acids is 1. The second kappa shape index (κ2) is 4.21. The molecular weight excluding hydrogens is 202 g/mol. The molecule has 0 amide bonds. The Morgan fingerprint density at radius 1 is 1.33 bits per heavy atom. The van der Waals surface area contributed by atoms with Gasteiger partial charge in [0, 0.05) is 11.1 Å². The van der Waals surface area contributed by atoms with Crippen LogP contribution in [-0.4, -0.2) is 11.1 Å². The van der Waals surface area contributed by atoms with E-state index in [-0.39, 0.29) is 16.7 Å². The predicted molar refractivity (Wildman–Crippen MR) is 52.4 cm³/mol. The number of aliphatic carboxylic acids is 1. The van der Waals surface area contributed by atoms with Crippen LogP contribution >= 0.6 is 0 Å². The predicted octanol–water partition coefficient (Wildman–Crippen LogP) is 2.76. The van der Waals surface area contributed by atoms with Crippen molar-refractivity contribution in [2.75, 3.05) is 0 Å². The molecule has 0 spiro atoms. The van der Waals surface area contributed by atoms with Crippen LogP contribution in [0, 0.1) is 18.6 Å². The summed E-state index contributed by atoms with van der Waals surface area (Å²) >= 11 is 0. The Morgan fingerprint density at radius 2 is 1.93 bits per heavy atom. The van der Waals surface area contributed by atoms with Crippen molar-refractivity contribution in [1.82, 2.24) is 0 Å². The number of aryl methyl sites for hydroxylation is 1. The second-order valence-electron chi connectivity index (χ2n) is 3.23. The van der Waals surface area contributed by atoms with Gasteiger partial charge in [0.15, 0.2) is 11.6 Å². The Kier molecular flexibility index (Phi) is 3.19. The molecule has 0 heterocycles. The molecule has 15 heavy (non-hydrogen) atoms. The van der Waals surface area contributed by atoms with Crippen molar-refractivity contribution < 1.29 is 18.7 Å². The fraction of sp³-hybridized carbons (Fsp3) is 0.182. The molecule has 0 aliphatic carbocycles. The number of carboxylic acid groups (broad SMARTS) is 1. The molecule has 1 aromatic rings. The van der Waals surface area contributed by atoms with Gasteiger partial charge in [0.1, 0.15) is 0 Å². The van der Waals surface area contributed by atoms with Crippen LogP contribution in [0.5, 0.6) is 0 Å². The lowest BCUT2D eigenvalue weighted by atomic mass is 10.1. The van der Waals surface area contributed by atoms with Gasteiger partial charge >= 0.3 is 5.97 Å². The van der Waals surface area contributed by atoms with Crippen molar-refractivity contribution >= 4 is 12.0 Å². The summed E-state index contributed by atoms with van der Waals surface area (Å²) in [4.78, 5) is 10.5. The molecule has 0 aromatic heterocycles. The molecule has 0 aliphatic rings. The minimum absolute atomic E-state index is 0.0443. The molecule has 4 heteroatoms. The maximum atomic E-state index is 13.3. The summed E-state index contributed by atoms with van der Waals surface area (Å²) in [6.07, 6.45) is 1.10. The number of benzene rings is 1. The number of halogens is 2. The molecule has 80 valence electrons. The highest BCUT2D eigenvalue weighted by molar-refractivity contribution is 5.91. The first-order valence-electron chi connectivity index (χ1n) is 4.29. The van der Waals surface area contributed by atoms with Crippen LogP contribution in [-0.2, 0) is 4.79 Å². The standard InChI is InChI=1S/C11H10F2O2/c1-6-3-4-8(10(13)9(6)12)5-7(2)11(14)15/h3-5H,1-2H3,(H,14,15)/b7-5+. The molecule has 0 fully saturated rings. The van der Waals surface area contributed by atoms with Crippen LogP contribution in [0.25, 0.3) is 6.08 Å². The van der Waals surface area contributed by atoms with Crippen molar-refractivity contribution in [3.05, 3.63) is 40.5 Å². The van der Waals surface area contributed by atoms with Crippen LogP contribution in [0.1, 0.15) is 18.1 Å². The minimum Gasteiger partial charge on any atom is -0.478 e. The molecule has 0 radical (unpaired) electrons. The van der Waals surface area contributed by atoms with E-state index in [9.17, 15) is 13.6 Å². The number of carbonyl (C=O) groups is 1. The maximum Gasteiger partial charge on any atom is 0.331 e. The third-order valence-electron chi connectivity index (χ3n) is 2.01. The Labute approximate surface area is 85.9 Å². The number of hydrogen-bond acceptors (Lipinski definition) is 1. The van der Waals surface area contributed by atoms with Gasteiger partial charge in [-0.3, -0.25) is 0 Å². The first-order valence-corrected chi connectivity index (χ1v) is 4.29. The summed E-state index contributed by atoms with van der Waals surface area (Å²) in [7, 11) is 0. The summed E-state index contributed by atoms with van der Waals surface area (Å²) in [6.45, 7) is 2.76. The van der Waals surface area contributed by atoms with Crippen LogP contribution < -0.4 is 0 Å². The molecule has 1 N–H and O–H groups in total. The summed E-state index contributed by atoms with van der Waals surface area (Å²) < 4.78 is 26.4. The summed E-state index contributed by atoms with van der Waals surface area (Å²) in [5.74, 6) is -3.12. The number of hydrogen-bond donors (Lipinski definition) is 1. The summed E-state index contributed by atoms with van der Waals surface area (Å²) in [5.41, 5.74) is 0.0905. The topological polar surface area (TPSA) is 37.3 Å². The van der Waals surface area contributed by atoms with Gasteiger partial charge in [-0.15, -0.1) is 0 Å². The third kappa shape index (κ3) is 2.40. The molecule has 0 aliphatic heterocycles. The molecule has 0 bridgehead atoms. The van der Waals surface area contributed by atoms with Gasteiger partial charge in [0.05, 0.1) is 0 Å². The first-order chi connectivity index (χ1) is 6.93. The lowest BCUT2D eigenvalue weighted by Crippen LogP contribution is -1.98. The van der Waals surface area contributed by atoms with E-state index in [1.54, 1.807) is 0 Å². The monoisotopic (exact) mass is 212 g/mol. The zero-order valence-electron chi connectivity index (χ0n) is 8.34. The molecule has 0 atom stereocenters. The Bertz CT molecular complexity index is 436. The van der Waals surface area contributed by atoms with Gasteiger partial charge in [0.25, 0.3) is 0 Å². The van der Waals surface area contributed by atoms with Crippen molar-refractivity contribution in [1.29, 1.82) is 0 Å². The van der Waals surface area contributed by atoms with E-state index in [0.29, 0.717) is 0 Å². The zero-order valence-corrected chi connectivity index (χ0v) is 8.34. The number of rotatable bonds is 2. The van der Waals surface area contributed by atoms with E-state index in [1.165, 1.54) is 26.0 Å². The lowest BCUT2D eigenvalue weighted by molar-refractivity contribution is -0.132. The van der Waals surface area contributed by atoms with E-state index in [2.05, 4.69) is 0 Å². The largest absolute Gasteiger partial charge is 0.478 e. The molecular formula is C11H10F2O2. The quantitative estimate of drug-likeness (QED) is 0.765. The molecule has 1 aromatic carbocycles. The van der Waals surface area contributed by atoms with E-state index in [0.717, 1.165) is 6.08 Å². The first kappa shape index (κ1) is 11.4. The van der Waals surface area contributed by atoms with Gasteiger partial charge in [-0.2, -0.15) is 0 Å². The highest BCUT2D eigenvalue weighted by Crippen LogP contribution is 2.18. The van der Waals surface area contributed by atoms with Gasteiger partial charge in [0.2, 0.25) is 0 Å². The fourth-order valence-corrected chi connectivity index (χ4v) is 1.07. The molecule has 1 rings (SSSR count). The van der Waals surface area contributed by atoms with E-state index in [4.69, 9.17) is 5.11 Å². The fourth-order valence-electron chi connectivity index (χ4n) is 1.07. The molecule has 0 saturated heterocycles. The zero-order chi connectivity index (χ0) is 11.6. The van der Waals surface area contributed by atoms with Gasteiger partial charge in [-0.25, -0.2) is 13.6 Å². The van der Waals surface area contributed by atoms with Crippen molar-refractivity contribution in [2.24, 2.45) is 0 Å². The van der Waals surface area contributed by atoms with Crippen LogP contribution in [0.4, 0.5) is 8.78 Å². The van der Waals surface area contributed by atoms with Crippen molar-refractivity contribution in [3.8, 4) is 0 Å². The minimum atomic E-state index is -1.16. The average molecular weight is 212 g/mol. The lowest BCUT2D eigenvalue weighted by Gasteiger charge is -2.02. The van der Waals surface area contributed by atoms with E-state index >= 15 is 0 Å². The van der Waals surface area contributed by atoms with E-state index < -0.39 is 17.6 Å². The molecule has 0 unspecified atom stereocenters. The van der Waals surface area contributed by atoms with Gasteiger partial charge in [-0.05, 0) is 25.5 Å². The average Bonchev–Trinajstić information content (AvgIpc) is 2.18. The Hall–Kier alpha value is -1.71. The van der Waals surface area contributed by atoms with Crippen LogP contribution in [0.2, 0.25) is 0 Å². The van der Waals surface area contributed by atoms with Gasteiger partial charge < -0.3 is 5.11 Å². The van der Waals surface area contributed by atoms with Crippen molar-refractivity contribution in [3.63, 3.8) is 0 Å². The third-order valence-corrected chi connectivity index (χ3v) is 2.01. The SMILES string of the molecule is C/C(=C\c1ccc(C)c(F)c1F)C(=O)O. The normalized spacial score (nSPS) is 11.6. The Balaban J connectivity index is 3.23. The Morgan fingerprint density at radius 3 is 2.47 bits per heavy atom. The second-order valence-corrected chi connectivity index (χ2v) is 3.23. The molecule has 0 saturated carbocycles. The summed E-state index contributed by atoms with van der Waals surface area (Å²) in [6, 6.07) is 2.75. The van der Waals surface area contributed by atoms with E-state index in [1.807, 2.05) is 0 Å². The van der Waals surface area contributed by atoms with Crippen molar-refractivity contribution in [2.45, 2.75) is 13.8 Å². The highest BCUT2D eigenvalue weighted by Gasteiger charge is 2.10. The summed E-state index contributed by atoms with van der Waals surface area (Å²) in [5, 5.41) is 8.57. The molecule has 2 nitrogen and oxygen atoms in total. The highest BCUT2D eigenvalue weighted by atomic mass is 19.2.